The maximum Gasteiger partial charge on any atom is 0.493 e. The van der Waals surface area contributed by atoms with Gasteiger partial charge in [-0.2, -0.15) is 18.2 Å². The van der Waals surface area contributed by atoms with Gasteiger partial charge < -0.3 is 14.5 Å². The van der Waals surface area contributed by atoms with Crippen molar-refractivity contribution in [3.8, 4) is 11.5 Å². The van der Waals surface area contributed by atoms with Gasteiger partial charge in [0.25, 0.3) is 15.9 Å². The molecule has 0 saturated carbocycles. The van der Waals surface area contributed by atoms with Crippen LogP contribution in [-0.2, 0) is 19.7 Å². The largest absolute Gasteiger partial charge is 0.493 e. The minimum atomic E-state index is -5.35. The van der Waals surface area contributed by atoms with Gasteiger partial charge in [-0.05, 0) is 66.7 Å². The van der Waals surface area contributed by atoms with Crippen molar-refractivity contribution < 1.29 is 40.8 Å². The molecular weight excluding hydrogens is 710 g/mol. The molecule has 0 radical (unpaired) electrons. The van der Waals surface area contributed by atoms with Crippen LogP contribution in [0.1, 0.15) is 10.4 Å². The first kappa shape index (κ1) is 35.7. The molecule has 17 heteroatoms. The number of hydroxylamine groups is 2. The van der Waals surface area contributed by atoms with E-state index in [0.29, 0.717) is 36.3 Å². The summed E-state index contributed by atoms with van der Waals surface area (Å²) < 4.78 is 74.0. The molecule has 49 heavy (non-hydrogen) atoms. The third-order valence-electron chi connectivity index (χ3n) is 7.27. The van der Waals surface area contributed by atoms with Crippen LogP contribution in [0.3, 0.4) is 0 Å². The van der Waals surface area contributed by atoms with E-state index in [4.69, 9.17) is 27.9 Å². The molecule has 2 heterocycles. The van der Waals surface area contributed by atoms with Crippen molar-refractivity contribution >= 4 is 56.6 Å². The fourth-order valence-electron chi connectivity index (χ4n) is 4.75. The van der Waals surface area contributed by atoms with Crippen LogP contribution in [0.15, 0.2) is 96.0 Å². The van der Waals surface area contributed by atoms with E-state index in [-0.39, 0.29) is 45.8 Å². The highest BCUT2D eigenvalue weighted by Gasteiger charge is 2.43. The lowest BCUT2D eigenvalue weighted by atomic mass is 10.2. The molecule has 1 amide bonds. The zero-order valence-electron chi connectivity index (χ0n) is 25.4. The number of amides is 1. The number of carbonyl (C=O) groups excluding carboxylic acids is 2. The molecular formula is C32H28Cl2F3N5O6S. The van der Waals surface area contributed by atoms with Gasteiger partial charge in [-0.25, -0.2) is 18.2 Å². The maximum atomic E-state index is 13.3. The van der Waals surface area contributed by atoms with Crippen LogP contribution in [0.25, 0.3) is 0 Å². The van der Waals surface area contributed by atoms with Crippen molar-refractivity contribution in [2.24, 2.45) is 0 Å². The predicted octanol–water partition coefficient (Wildman–Crippen LogP) is 6.27. The smallest absolute Gasteiger partial charge is 0.454 e. The molecule has 0 aliphatic carbocycles. The number of alkyl halides is 3. The summed E-state index contributed by atoms with van der Waals surface area (Å²) in [5, 5.41) is 0.909. The summed E-state index contributed by atoms with van der Waals surface area (Å²) in [5.41, 5.74) is -0.144. The van der Waals surface area contributed by atoms with Crippen LogP contribution in [0.5, 0.6) is 11.5 Å². The molecule has 1 aliphatic rings. The van der Waals surface area contributed by atoms with Gasteiger partial charge in [0.05, 0.1) is 22.2 Å². The molecule has 0 unspecified atom stereocenters. The van der Waals surface area contributed by atoms with Gasteiger partial charge in [0.2, 0.25) is 0 Å². The number of benzene rings is 3. The number of nitrogens with one attached hydrogen (secondary N) is 1. The summed E-state index contributed by atoms with van der Waals surface area (Å²) in [7, 11) is -4.25. The van der Waals surface area contributed by atoms with E-state index in [1.165, 1.54) is 24.3 Å². The molecule has 1 aromatic heterocycles. The van der Waals surface area contributed by atoms with E-state index in [1.807, 2.05) is 17.0 Å². The molecule has 1 N–H and O–H groups in total. The van der Waals surface area contributed by atoms with Gasteiger partial charge in [0, 0.05) is 49.5 Å². The number of para-hydroxylation sites is 2. The van der Waals surface area contributed by atoms with E-state index in [0.717, 1.165) is 30.1 Å². The van der Waals surface area contributed by atoms with E-state index in [1.54, 1.807) is 30.5 Å². The first-order chi connectivity index (χ1) is 23.3. The van der Waals surface area contributed by atoms with Crippen molar-refractivity contribution in [2.45, 2.75) is 11.1 Å². The molecule has 1 fully saturated rings. The van der Waals surface area contributed by atoms with Crippen LogP contribution in [0.4, 0.5) is 24.7 Å². The molecule has 258 valence electrons. The number of pyridine rings is 1. The molecule has 3 aromatic carbocycles. The van der Waals surface area contributed by atoms with Gasteiger partial charge in [0.1, 0.15) is 11.6 Å². The number of sulfonamides is 1. The Morgan fingerprint density at radius 3 is 2.24 bits per heavy atom. The number of rotatable bonds is 10. The summed E-state index contributed by atoms with van der Waals surface area (Å²) >= 11 is 12.1. The SMILES string of the molecule is O=C(c1ccc(S(=O)(=O)Nc2ccccc2Oc2ccc(Cl)cc2Cl)cc1)N(CCN1CCN(c2ccccn2)CC1)OC(=O)C(F)(F)F. The summed E-state index contributed by atoms with van der Waals surface area (Å²) in [6, 6.07) is 20.6. The quantitative estimate of drug-likeness (QED) is 0.188. The molecule has 1 saturated heterocycles. The van der Waals surface area contributed by atoms with Crippen LogP contribution < -0.4 is 14.4 Å². The normalized spacial score (nSPS) is 13.9. The Balaban J connectivity index is 1.26. The standard InChI is InChI=1S/C32H28Cl2F3N5O6S/c33-23-10-13-27(25(34)21-23)47-28-6-2-1-5-26(28)39-49(45,46)24-11-8-22(9-12-24)30(43)42(48-31(44)32(35,36)37)20-17-40-15-18-41(19-16-40)29-7-3-4-14-38-29/h1-14,21,39H,15-20H2. The topological polar surface area (TPSA) is 121 Å². The van der Waals surface area contributed by atoms with Gasteiger partial charge in [-0.15, -0.1) is 0 Å². The first-order valence-electron chi connectivity index (χ1n) is 14.6. The Labute approximate surface area is 289 Å². The number of anilines is 2. The van der Waals surface area contributed by atoms with E-state index >= 15 is 0 Å². The average Bonchev–Trinajstić information content (AvgIpc) is 3.08. The van der Waals surface area contributed by atoms with Crippen molar-refractivity contribution in [2.75, 3.05) is 48.9 Å². The number of ether oxygens (including phenoxy) is 1. The number of carbonyl (C=O) groups is 2. The van der Waals surface area contributed by atoms with Crippen molar-refractivity contribution in [3.05, 3.63) is 107 Å². The van der Waals surface area contributed by atoms with Gasteiger partial charge >= 0.3 is 12.1 Å². The first-order valence-corrected chi connectivity index (χ1v) is 16.9. The molecule has 4 aromatic rings. The van der Waals surface area contributed by atoms with Crippen LogP contribution in [-0.4, -0.2) is 80.7 Å². The molecule has 0 spiro atoms. The Kier molecular flexibility index (Phi) is 11.2. The second-order valence-electron chi connectivity index (χ2n) is 10.6. The summed E-state index contributed by atoms with van der Waals surface area (Å²) in [6.07, 6.45) is -3.68. The van der Waals surface area contributed by atoms with Crippen LogP contribution >= 0.6 is 23.2 Å². The highest BCUT2D eigenvalue weighted by molar-refractivity contribution is 7.92. The van der Waals surface area contributed by atoms with Crippen LogP contribution in [0.2, 0.25) is 10.0 Å². The van der Waals surface area contributed by atoms with E-state index in [9.17, 15) is 31.2 Å². The molecule has 11 nitrogen and oxygen atoms in total. The second-order valence-corrected chi connectivity index (χ2v) is 13.1. The Bertz CT molecular complexity index is 1900. The zero-order chi connectivity index (χ0) is 35.2. The maximum absolute atomic E-state index is 13.3. The number of nitrogens with zero attached hydrogens (tertiary/aromatic N) is 4. The fourth-order valence-corrected chi connectivity index (χ4v) is 6.27. The van der Waals surface area contributed by atoms with Crippen molar-refractivity contribution in [3.63, 3.8) is 0 Å². The highest BCUT2D eigenvalue weighted by Crippen LogP contribution is 2.36. The second kappa shape index (κ2) is 15.3. The third-order valence-corrected chi connectivity index (χ3v) is 9.18. The van der Waals surface area contributed by atoms with Crippen molar-refractivity contribution in [1.82, 2.24) is 14.9 Å². The lowest BCUT2D eigenvalue weighted by molar-refractivity contribution is -0.228. The van der Waals surface area contributed by atoms with E-state index in [2.05, 4.69) is 19.4 Å². The number of hydrogen-bond donors (Lipinski definition) is 1. The molecule has 0 bridgehead atoms. The van der Waals surface area contributed by atoms with E-state index < -0.39 is 28.1 Å². The Morgan fingerprint density at radius 1 is 0.898 bits per heavy atom. The molecule has 5 rings (SSSR count). The lowest BCUT2D eigenvalue weighted by Gasteiger charge is -2.36. The lowest BCUT2D eigenvalue weighted by Crippen LogP contribution is -2.49. The van der Waals surface area contributed by atoms with Gasteiger partial charge in [-0.3, -0.25) is 14.4 Å². The summed E-state index contributed by atoms with van der Waals surface area (Å²) in [5.74, 6) is -2.49. The number of halogens is 5. The minimum absolute atomic E-state index is 0.0692. The number of piperazine rings is 1. The zero-order valence-corrected chi connectivity index (χ0v) is 27.8. The highest BCUT2D eigenvalue weighted by atomic mass is 35.5. The average molecular weight is 739 g/mol. The molecule has 0 atom stereocenters. The third kappa shape index (κ3) is 9.32. The monoisotopic (exact) mass is 737 g/mol. The predicted molar refractivity (Wildman–Crippen MR) is 176 cm³/mol. The Morgan fingerprint density at radius 2 is 1.59 bits per heavy atom. The fraction of sp³-hybridized carbons (Fsp3) is 0.219. The van der Waals surface area contributed by atoms with Crippen molar-refractivity contribution in [1.29, 1.82) is 0 Å². The molecule has 1 aliphatic heterocycles. The Hall–Kier alpha value is -4.57. The minimum Gasteiger partial charge on any atom is -0.454 e. The summed E-state index contributed by atoms with van der Waals surface area (Å²) in [4.78, 5) is 37.5. The van der Waals surface area contributed by atoms with Gasteiger partial charge in [0.15, 0.2) is 5.75 Å². The van der Waals surface area contributed by atoms with Gasteiger partial charge in [-0.1, -0.05) is 41.4 Å². The number of hydrogen-bond acceptors (Lipinski definition) is 9. The van der Waals surface area contributed by atoms with Crippen LogP contribution in [0, 0.1) is 0 Å². The number of aromatic nitrogens is 1. The summed E-state index contributed by atoms with van der Waals surface area (Å²) in [6.45, 7) is 1.94.